The highest BCUT2D eigenvalue weighted by Crippen LogP contribution is 2.41. The van der Waals surface area contributed by atoms with Crippen LogP contribution in [0.3, 0.4) is 0 Å². The van der Waals surface area contributed by atoms with E-state index in [1.165, 1.54) is 30.4 Å². The van der Waals surface area contributed by atoms with Crippen LogP contribution in [0.2, 0.25) is 0 Å². The lowest BCUT2D eigenvalue weighted by atomic mass is 9.95. The number of carbonyl (C=O) groups is 2. The predicted molar refractivity (Wildman–Crippen MR) is 151 cm³/mol. The van der Waals surface area contributed by atoms with Gasteiger partial charge in [-0.15, -0.1) is 11.3 Å². The van der Waals surface area contributed by atoms with Gasteiger partial charge in [-0.2, -0.15) is 0 Å². The molecule has 2 N–H and O–H groups in total. The van der Waals surface area contributed by atoms with Gasteiger partial charge in [-0.3, -0.25) is 9.52 Å². The molecule has 0 amide bonds. The molecule has 9 nitrogen and oxygen atoms in total. The summed E-state index contributed by atoms with van der Waals surface area (Å²) in [4.78, 5) is 34.8. The third-order valence-corrected chi connectivity index (χ3v) is 8.93. The van der Waals surface area contributed by atoms with E-state index >= 15 is 0 Å². The van der Waals surface area contributed by atoms with Gasteiger partial charge in [0, 0.05) is 11.3 Å². The molecule has 0 fully saturated rings. The van der Waals surface area contributed by atoms with Crippen LogP contribution in [-0.2, 0) is 38.8 Å². The minimum atomic E-state index is -4.04. The number of hydrogen-bond donors (Lipinski definition) is 2. The molecule has 0 unspecified atom stereocenters. The summed E-state index contributed by atoms with van der Waals surface area (Å²) >= 11 is 1.46. The number of sulfonamides is 1. The fraction of sp³-hybridized carbons (Fsp3) is 0.286. The highest BCUT2D eigenvalue weighted by molar-refractivity contribution is 7.92. The molecule has 39 heavy (non-hydrogen) atoms. The maximum absolute atomic E-state index is 13.4. The van der Waals surface area contributed by atoms with Crippen molar-refractivity contribution in [2.24, 2.45) is 0 Å². The van der Waals surface area contributed by atoms with Crippen LogP contribution in [0.15, 0.2) is 53.4 Å². The normalized spacial score (nSPS) is 13.1. The maximum Gasteiger partial charge on any atom is 0.341 e. The molecule has 0 saturated heterocycles. The van der Waals surface area contributed by atoms with Crippen molar-refractivity contribution in [3.8, 4) is 0 Å². The maximum atomic E-state index is 13.4. The van der Waals surface area contributed by atoms with Crippen LogP contribution in [0.1, 0.15) is 53.1 Å². The van der Waals surface area contributed by atoms with Gasteiger partial charge in [0.2, 0.25) is 0 Å². The van der Waals surface area contributed by atoms with E-state index < -0.39 is 16.0 Å². The average molecular weight is 565 g/mol. The van der Waals surface area contributed by atoms with Crippen molar-refractivity contribution in [2.45, 2.75) is 50.8 Å². The number of nitrogens with one attached hydrogen (secondary N) is 2. The number of esters is 1. The van der Waals surface area contributed by atoms with Crippen LogP contribution < -0.4 is 10.0 Å². The number of hydrogen-bond acceptors (Lipinski definition) is 9. The zero-order valence-corrected chi connectivity index (χ0v) is 23.2. The number of thiophene rings is 1. The molecule has 0 aliphatic heterocycles. The number of ketones is 1. The summed E-state index contributed by atoms with van der Waals surface area (Å²) in [5, 5.41) is 3.77. The van der Waals surface area contributed by atoms with Crippen molar-refractivity contribution < 1.29 is 22.7 Å². The summed E-state index contributed by atoms with van der Waals surface area (Å²) in [5.74, 6) is -0.249. The first-order chi connectivity index (χ1) is 18.7. The third kappa shape index (κ3) is 5.79. The summed E-state index contributed by atoms with van der Waals surface area (Å²) in [6.07, 6.45) is 3.91. The number of aromatic nitrogens is 2. The van der Waals surface area contributed by atoms with Crippen molar-refractivity contribution in [1.29, 1.82) is 0 Å². The molecule has 11 heteroatoms. The van der Waals surface area contributed by atoms with Gasteiger partial charge in [0.25, 0.3) is 10.0 Å². The van der Waals surface area contributed by atoms with Crippen LogP contribution >= 0.6 is 11.3 Å². The first-order valence-electron chi connectivity index (χ1n) is 12.7. The molecule has 1 aliphatic carbocycles. The van der Waals surface area contributed by atoms with Gasteiger partial charge in [-0.1, -0.05) is 24.3 Å². The zero-order chi connectivity index (χ0) is 27.6. The lowest BCUT2D eigenvalue weighted by Crippen LogP contribution is -2.16. The number of para-hydroxylation sites is 2. The molecule has 0 radical (unpaired) electrons. The molecule has 2 heterocycles. The molecule has 0 saturated carbocycles. The minimum Gasteiger partial charge on any atom is -0.462 e. The summed E-state index contributed by atoms with van der Waals surface area (Å²) in [7, 11) is -4.04. The molecule has 4 aromatic rings. The number of benzene rings is 2. The quantitative estimate of drug-likeness (QED) is 0.258. The van der Waals surface area contributed by atoms with Crippen molar-refractivity contribution in [3.05, 3.63) is 70.1 Å². The number of anilines is 3. The second-order valence-corrected chi connectivity index (χ2v) is 12.1. The molecular formula is C28H28N4O5S2. The smallest absolute Gasteiger partial charge is 0.341 e. The van der Waals surface area contributed by atoms with Crippen molar-refractivity contribution >= 4 is 60.8 Å². The van der Waals surface area contributed by atoms with E-state index in [2.05, 4.69) is 20.0 Å². The Bertz CT molecular complexity index is 1660. The summed E-state index contributed by atoms with van der Waals surface area (Å²) in [5.41, 5.74) is 3.25. The second kappa shape index (κ2) is 11.1. The highest BCUT2D eigenvalue weighted by Gasteiger charge is 2.28. The average Bonchev–Trinajstić information content (AvgIpc) is 3.27. The fourth-order valence-electron chi connectivity index (χ4n) is 4.60. The Hall–Kier alpha value is -3.83. The van der Waals surface area contributed by atoms with Gasteiger partial charge < -0.3 is 10.1 Å². The number of ether oxygens (including phenoxy) is 1. The van der Waals surface area contributed by atoms with Crippen LogP contribution in [0.25, 0.3) is 11.0 Å². The number of rotatable bonds is 9. The van der Waals surface area contributed by atoms with Gasteiger partial charge in [-0.05, 0) is 74.9 Å². The Kier molecular flexibility index (Phi) is 7.62. The zero-order valence-electron chi connectivity index (χ0n) is 21.6. The van der Waals surface area contributed by atoms with E-state index in [1.54, 1.807) is 37.3 Å². The van der Waals surface area contributed by atoms with Crippen molar-refractivity contribution in [1.82, 2.24) is 9.97 Å². The Morgan fingerprint density at radius 3 is 2.31 bits per heavy atom. The van der Waals surface area contributed by atoms with Gasteiger partial charge in [0.15, 0.2) is 11.6 Å². The summed E-state index contributed by atoms with van der Waals surface area (Å²) in [6.45, 7) is 3.49. The van der Waals surface area contributed by atoms with Crippen molar-refractivity contribution in [2.75, 3.05) is 16.6 Å². The SMILES string of the molecule is CCOC(=O)c1c(Nc2nc3ccccc3nc2NS(=O)(=O)c2ccc(CC(C)=O)cc2)sc2c1CCCC2. The lowest BCUT2D eigenvalue weighted by Gasteiger charge is -2.15. The lowest BCUT2D eigenvalue weighted by molar-refractivity contribution is -0.116. The first-order valence-corrected chi connectivity index (χ1v) is 15.0. The molecule has 2 aromatic carbocycles. The Morgan fingerprint density at radius 1 is 0.974 bits per heavy atom. The standard InChI is InChI=1S/C28H28N4O5S2/c1-3-37-28(34)24-20-8-4-7-11-23(20)38-27(24)31-25-26(30-22-10-6-5-9-21(22)29-25)32-39(35,36)19-14-12-18(13-15-19)16-17(2)33/h5-6,9-10,12-15H,3-4,7-8,11,16H2,1-2H3,(H,29,31)(H,30,32). The predicted octanol–water partition coefficient (Wildman–Crippen LogP) is 5.42. The van der Waals surface area contributed by atoms with Gasteiger partial charge >= 0.3 is 5.97 Å². The molecule has 0 bridgehead atoms. The Labute approximate surface area is 230 Å². The second-order valence-electron chi connectivity index (χ2n) is 9.30. The molecular weight excluding hydrogens is 536 g/mol. The molecule has 5 rings (SSSR count). The monoisotopic (exact) mass is 564 g/mol. The van der Waals surface area contributed by atoms with Crippen LogP contribution in [0, 0.1) is 0 Å². The van der Waals surface area contributed by atoms with Crippen molar-refractivity contribution in [3.63, 3.8) is 0 Å². The third-order valence-electron chi connectivity index (χ3n) is 6.37. The molecule has 1 aliphatic rings. The number of fused-ring (bicyclic) bond motifs is 2. The Morgan fingerprint density at radius 2 is 1.64 bits per heavy atom. The van der Waals surface area contributed by atoms with Crippen LogP contribution in [0.4, 0.5) is 16.6 Å². The number of carbonyl (C=O) groups excluding carboxylic acids is 2. The van der Waals surface area contributed by atoms with E-state index in [9.17, 15) is 18.0 Å². The topological polar surface area (TPSA) is 127 Å². The minimum absolute atomic E-state index is 0.00249. The van der Waals surface area contributed by atoms with Gasteiger partial charge in [0.1, 0.15) is 10.8 Å². The largest absolute Gasteiger partial charge is 0.462 e. The molecule has 0 spiro atoms. The van der Waals surface area contributed by atoms with E-state index in [0.29, 0.717) is 21.6 Å². The summed E-state index contributed by atoms with van der Waals surface area (Å²) < 4.78 is 34.6. The number of Topliss-reactive ketones (excluding diaryl/α,β-unsaturated/α-hetero) is 1. The van der Waals surface area contributed by atoms with E-state index in [1.807, 2.05) is 6.07 Å². The highest BCUT2D eigenvalue weighted by atomic mass is 32.2. The van der Waals surface area contributed by atoms with E-state index in [0.717, 1.165) is 41.7 Å². The van der Waals surface area contributed by atoms with Gasteiger partial charge in [0.05, 0.1) is 28.1 Å². The van der Waals surface area contributed by atoms with E-state index in [-0.39, 0.29) is 35.3 Å². The summed E-state index contributed by atoms with van der Waals surface area (Å²) in [6, 6.07) is 13.3. The fourth-order valence-corrected chi connectivity index (χ4v) is 6.88. The molecule has 2 aromatic heterocycles. The number of nitrogens with zero attached hydrogens (tertiary/aromatic N) is 2. The van der Waals surface area contributed by atoms with Gasteiger partial charge in [-0.25, -0.2) is 23.2 Å². The Balaban J connectivity index is 1.55. The molecule has 202 valence electrons. The molecule has 0 atom stereocenters. The van der Waals surface area contributed by atoms with Crippen LogP contribution in [-0.4, -0.2) is 36.7 Å². The van der Waals surface area contributed by atoms with E-state index in [4.69, 9.17) is 4.74 Å². The first kappa shape index (κ1) is 26.8. The van der Waals surface area contributed by atoms with Crippen LogP contribution in [0.5, 0.6) is 0 Å². The number of aryl methyl sites for hydroxylation is 1.